The van der Waals surface area contributed by atoms with Gasteiger partial charge in [-0.15, -0.1) is 11.3 Å². The smallest absolute Gasteiger partial charge is 0.230 e. The highest BCUT2D eigenvalue weighted by Crippen LogP contribution is 2.30. The van der Waals surface area contributed by atoms with Crippen molar-refractivity contribution in [1.82, 2.24) is 4.98 Å². The van der Waals surface area contributed by atoms with Crippen molar-refractivity contribution in [2.24, 2.45) is 4.99 Å². The van der Waals surface area contributed by atoms with Gasteiger partial charge >= 0.3 is 0 Å². The maximum absolute atomic E-state index is 6.22. The minimum Gasteiger partial charge on any atom is -0.497 e. The molecular formula is C25H16BrClN2O2S. The standard InChI is InChI=1S/C25H16BrClN2O2S/c1-30-20-9-7-19(8-10-20)28-24-21(13-16-12-17(26)4-11-23(16)31-24)25-29-22(14-32-25)15-2-5-18(27)6-3-15/h2-14H,1H3. The highest BCUT2D eigenvalue weighted by atomic mass is 79.9. The van der Waals surface area contributed by atoms with Gasteiger partial charge in [-0.2, -0.15) is 0 Å². The average Bonchev–Trinajstić information content (AvgIpc) is 3.30. The molecule has 0 unspecified atom stereocenters. The fourth-order valence-corrected chi connectivity index (χ4v) is 4.60. The van der Waals surface area contributed by atoms with Crippen LogP contribution in [0, 0.1) is 0 Å². The largest absolute Gasteiger partial charge is 0.497 e. The van der Waals surface area contributed by atoms with Gasteiger partial charge in [-0.25, -0.2) is 9.98 Å². The fourth-order valence-electron chi connectivity index (χ4n) is 3.26. The Kier molecular flexibility index (Phi) is 5.83. The molecule has 0 spiro atoms. The fraction of sp³-hybridized carbons (Fsp3) is 0.0400. The highest BCUT2D eigenvalue weighted by molar-refractivity contribution is 9.10. The van der Waals surface area contributed by atoms with Crippen LogP contribution in [0.3, 0.4) is 0 Å². The summed E-state index contributed by atoms with van der Waals surface area (Å²) < 4.78 is 12.5. The summed E-state index contributed by atoms with van der Waals surface area (Å²) in [5, 5.41) is 4.52. The van der Waals surface area contributed by atoms with Crippen LogP contribution in [0.4, 0.5) is 5.69 Å². The minimum atomic E-state index is 0.502. The van der Waals surface area contributed by atoms with E-state index in [2.05, 4.69) is 22.0 Å². The van der Waals surface area contributed by atoms with E-state index >= 15 is 0 Å². The Labute approximate surface area is 201 Å². The van der Waals surface area contributed by atoms with Gasteiger partial charge in [0.15, 0.2) is 0 Å². The van der Waals surface area contributed by atoms with Gasteiger partial charge in [-0.05, 0) is 60.7 Å². The van der Waals surface area contributed by atoms with Crippen molar-refractivity contribution in [1.29, 1.82) is 0 Å². The number of halogens is 2. The molecule has 4 nitrogen and oxygen atoms in total. The molecule has 3 aromatic carbocycles. The molecule has 32 heavy (non-hydrogen) atoms. The van der Waals surface area contributed by atoms with Gasteiger partial charge in [-0.3, -0.25) is 0 Å². The zero-order valence-corrected chi connectivity index (χ0v) is 20.0. The van der Waals surface area contributed by atoms with Crippen LogP contribution in [-0.4, -0.2) is 12.1 Å². The quantitative estimate of drug-likeness (QED) is 0.241. The average molecular weight is 524 g/mol. The van der Waals surface area contributed by atoms with Gasteiger partial charge in [0.1, 0.15) is 16.3 Å². The molecule has 158 valence electrons. The van der Waals surface area contributed by atoms with Crippen molar-refractivity contribution in [3.05, 3.63) is 93.2 Å². The Balaban J connectivity index is 1.67. The third kappa shape index (κ3) is 4.35. The van der Waals surface area contributed by atoms with Gasteiger partial charge in [0.2, 0.25) is 5.55 Å². The Hall–Kier alpha value is -2.93. The Morgan fingerprint density at radius 1 is 1.00 bits per heavy atom. The third-order valence-corrected chi connectivity index (χ3v) is 6.51. The highest BCUT2D eigenvalue weighted by Gasteiger charge is 2.13. The first-order chi connectivity index (χ1) is 15.6. The molecule has 0 aliphatic heterocycles. The predicted molar refractivity (Wildman–Crippen MR) is 134 cm³/mol. The summed E-state index contributed by atoms with van der Waals surface area (Å²) in [5.74, 6) is 0.775. The molecule has 0 atom stereocenters. The van der Waals surface area contributed by atoms with E-state index in [1.54, 1.807) is 18.4 Å². The lowest BCUT2D eigenvalue weighted by Gasteiger charge is -2.04. The van der Waals surface area contributed by atoms with Gasteiger partial charge < -0.3 is 9.15 Å². The summed E-state index contributed by atoms with van der Waals surface area (Å²) in [6.45, 7) is 0. The molecule has 5 rings (SSSR count). The van der Waals surface area contributed by atoms with Crippen LogP contribution in [-0.2, 0) is 0 Å². The molecule has 5 aromatic rings. The van der Waals surface area contributed by atoms with E-state index in [1.165, 1.54) is 0 Å². The van der Waals surface area contributed by atoms with Crippen molar-refractivity contribution in [3.8, 4) is 27.6 Å². The van der Waals surface area contributed by atoms with Crippen LogP contribution in [0.5, 0.6) is 5.75 Å². The molecule has 0 amide bonds. The Morgan fingerprint density at radius 3 is 2.53 bits per heavy atom. The summed E-state index contributed by atoms with van der Waals surface area (Å²) in [5.41, 5.74) is 4.73. The first-order valence-corrected chi connectivity index (χ1v) is 11.8. The normalized spacial score (nSPS) is 11.8. The number of benzene rings is 3. The van der Waals surface area contributed by atoms with Crippen LogP contribution in [0.25, 0.3) is 32.8 Å². The Bertz CT molecular complexity index is 1480. The van der Waals surface area contributed by atoms with E-state index in [0.29, 0.717) is 10.6 Å². The first-order valence-electron chi connectivity index (χ1n) is 9.73. The van der Waals surface area contributed by atoms with Crippen LogP contribution in [0.15, 0.2) is 92.1 Å². The second-order valence-electron chi connectivity index (χ2n) is 7.00. The van der Waals surface area contributed by atoms with Crippen molar-refractivity contribution >= 4 is 55.5 Å². The summed E-state index contributed by atoms with van der Waals surface area (Å²) in [6.07, 6.45) is 0. The summed E-state index contributed by atoms with van der Waals surface area (Å²) in [7, 11) is 1.64. The molecule has 2 heterocycles. The molecule has 0 saturated carbocycles. The number of nitrogens with zero attached hydrogens (tertiary/aromatic N) is 2. The van der Waals surface area contributed by atoms with E-state index in [1.807, 2.05) is 72.1 Å². The van der Waals surface area contributed by atoms with Crippen LogP contribution in [0.2, 0.25) is 5.02 Å². The zero-order chi connectivity index (χ0) is 22.1. The number of fused-ring (bicyclic) bond motifs is 1. The predicted octanol–water partition coefficient (Wildman–Crippen LogP) is 7.88. The molecule has 0 aliphatic rings. The Morgan fingerprint density at radius 2 is 1.78 bits per heavy atom. The lowest BCUT2D eigenvalue weighted by molar-refractivity contribution is 0.415. The second-order valence-corrected chi connectivity index (χ2v) is 9.21. The molecule has 0 fully saturated rings. The van der Waals surface area contributed by atoms with Crippen LogP contribution < -0.4 is 10.3 Å². The molecule has 0 radical (unpaired) electrons. The zero-order valence-electron chi connectivity index (χ0n) is 16.9. The van der Waals surface area contributed by atoms with E-state index in [-0.39, 0.29) is 0 Å². The van der Waals surface area contributed by atoms with E-state index in [4.69, 9.17) is 30.7 Å². The van der Waals surface area contributed by atoms with Gasteiger partial charge in [-0.1, -0.05) is 39.7 Å². The summed E-state index contributed by atoms with van der Waals surface area (Å²) in [4.78, 5) is 9.64. The lowest BCUT2D eigenvalue weighted by atomic mass is 10.1. The number of hydrogen-bond donors (Lipinski definition) is 0. The number of hydrogen-bond acceptors (Lipinski definition) is 5. The van der Waals surface area contributed by atoms with Crippen LogP contribution in [0.1, 0.15) is 0 Å². The summed E-state index contributed by atoms with van der Waals surface area (Å²) >= 11 is 11.1. The number of aromatic nitrogens is 1. The maximum Gasteiger partial charge on any atom is 0.230 e. The molecule has 0 saturated heterocycles. The van der Waals surface area contributed by atoms with Gasteiger partial charge in [0.25, 0.3) is 0 Å². The molecule has 2 aromatic heterocycles. The van der Waals surface area contributed by atoms with E-state index in [9.17, 15) is 0 Å². The number of rotatable bonds is 4. The minimum absolute atomic E-state index is 0.502. The topological polar surface area (TPSA) is 47.6 Å². The maximum atomic E-state index is 6.22. The third-order valence-electron chi connectivity index (χ3n) is 4.89. The van der Waals surface area contributed by atoms with Crippen LogP contribution >= 0.6 is 38.9 Å². The van der Waals surface area contributed by atoms with Crippen molar-refractivity contribution < 1.29 is 9.15 Å². The first kappa shape index (κ1) is 20.9. The SMILES string of the molecule is COc1ccc(N=c2oc3ccc(Br)cc3cc2-c2nc(-c3ccc(Cl)cc3)cs2)cc1. The van der Waals surface area contributed by atoms with Crippen molar-refractivity contribution in [2.75, 3.05) is 7.11 Å². The second kappa shape index (κ2) is 8.90. The molecule has 0 aliphatic carbocycles. The number of methoxy groups -OCH3 is 1. The van der Waals surface area contributed by atoms with Crippen molar-refractivity contribution in [3.63, 3.8) is 0 Å². The number of thiazole rings is 1. The molecule has 7 heteroatoms. The lowest BCUT2D eigenvalue weighted by Crippen LogP contribution is -2.05. The van der Waals surface area contributed by atoms with E-state index < -0.39 is 0 Å². The molecule has 0 bridgehead atoms. The molecular weight excluding hydrogens is 508 g/mol. The monoisotopic (exact) mass is 522 g/mol. The van der Waals surface area contributed by atoms with E-state index in [0.717, 1.165) is 48.7 Å². The molecule has 0 N–H and O–H groups in total. The van der Waals surface area contributed by atoms with Crippen molar-refractivity contribution in [2.45, 2.75) is 0 Å². The van der Waals surface area contributed by atoms with Gasteiger partial charge in [0, 0.05) is 25.8 Å². The summed E-state index contributed by atoms with van der Waals surface area (Å²) in [6, 6.07) is 23.2. The van der Waals surface area contributed by atoms with Gasteiger partial charge in [0.05, 0.1) is 24.1 Å². The number of ether oxygens (including phenoxy) is 1.